The van der Waals surface area contributed by atoms with Crippen molar-refractivity contribution in [2.24, 2.45) is 0 Å². The van der Waals surface area contributed by atoms with E-state index >= 15 is 0 Å². The fraction of sp³-hybridized carbons (Fsp3) is 0.269. The summed E-state index contributed by atoms with van der Waals surface area (Å²) in [4.78, 5) is 35.0. The van der Waals surface area contributed by atoms with Crippen LogP contribution in [0, 0.1) is 6.92 Å². The van der Waals surface area contributed by atoms with Crippen LogP contribution in [0.15, 0.2) is 59.5 Å². The molecule has 1 aliphatic heterocycles. The molecule has 2 N–H and O–H groups in total. The average molecular weight is 443 g/mol. The molecule has 4 aromatic rings. The van der Waals surface area contributed by atoms with Crippen molar-refractivity contribution in [2.75, 3.05) is 6.54 Å². The topological polar surface area (TPSA) is 91.2 Å². The van der Waals surface area contributed by atoms with Gasteiger partial charge in [-0.25, -0.2) is 0 Å². The first-order valence-electron chi connectivity index (χ1n) is 11.2. The Morgan fingerprint density at radius 2 is 2.09 bits per heavy atom. The molecule has 0 spiro atoms. The number of rotatable bonds is 6. The summed E-state index contributed by atoms with van der Waals surface area (Å²) < 4.78 is 5.17. The number of para-hydroxylation sites is 1. The summed E-state index contributed by atoms with van der Waals surface area (Å²) in [5.41, 5.74) is 6.42. The summed E-state index contributed by atoms with van der Waals surface area (Å²) in [7, 11) is 0. The molecule has 2 amide bonds. The van der Waals surface area contributed by atoms with E-state index in [9.17, 15) is 9.59 Å². The predicted molar refractivity (Wildman–Crippen MR) is 125 cm³/mol. The quantitative estimate of drug-likeness (QED) is 0.474. The van der Waals surface area contributed by atoms with E-state index < -0.39 is 0 Å². The largest absolute Gasteiger partial charge is 0.459 e. The molecule has 0 aliphatic carbocycles. The van der Waals surface area contributed by atoms with Gasteiger partial charge in [0, 0.05) is 55.0 Å². The Balaban J connectivity index is 1.24. The number of aromatic nitrogens is 2. The highest BCUT2D eigenvalue weighted by Gasteiger charge is 2.24. The Morgan fingerprint density at radius 3 is 2.94 bits per heavy atom. The lowest BCUT2D eigenvalue weighted by atomic mass is 9.94. The lowest BCUT2D eigenvalue weighted by Gasteiger charge is -2.30. The van der Waals surface area contributed by atoms with E-state index in [4.69, 9.17) is 4.42 Å². The Kier molecular flexibility index (Phi) is 5.69. The number of pyridine rings is 1. The molecule has 0 radical (unpaired) electrons. The number of fused-ring (bicyclic) bond motifs is 2. The predicted octanol–water partition coefficient (Wildman–Crippen LogP) is 3.91. The summed E-state index contributed by atoms with van der Waals surface area (Å²) >= 11 is 0. The summed E-state index contributed by atoms with van der Waals surface area (Å²) in [5, 5.41) is 4.10. The molecule has 0 saturated carbocycles. The van der Waals surface area contributed by atoms with E-state index in [2.05, 4.69) is 21.4 Å². The van der Waals surface area contributed by atoms with E-state index in [1.165, 1.54) is 22.8 Å². The average Bonchev–Trinajstić information content (AvgIpc) is 3.52. The van der Waals surface area contributed by atoms with Crippen molar-refractivity contribution in [3.05, 3.63) is 88.8 Å². The Labute approximate surface area is 191 Å². The number of nitrogens with one attached hydrogen (secondary N) is 2. The maximum atomic E-state index is 13.0. The van der Waals surface area contributed by atoms with Gasteiger partial charge in [-0.15, -0.1) is 0 Å². The van der Waals surface area contributed by atoms with Crippen molar-refractivity contribution >= 4 is 22.7 Å². The first kappa shape index (κ1) is 21.0. The van der Waals surface area contributed by atoms with E-state index in [1.807, 2.05) is 42.4 Å². The first-order chi connectivity index (χ1) is 16.1. The number of carbonyl (C=O) groups excluding carboxylic acids is 2. The number of hydrogen-bond acceptors (Lipinski definition) is 4. The number of furan rings is 1. The van der Waals surface area contributed by atoms with Gasteiger partial charge in [0.15, 0.2) is 5.76 Å². The van der Waals surface area contributed by atoms with Crippen LogP contribution in [-0.2, 0) is 30.7 Å². The van der Waals surface area contributed by atoms with Crippen molar-refractivity contribution in [3.8, 4) is 0 Å². The smallest absolute Gasteiger partial charge is 0.287 e. The minimum Gasteiger partial charge on any atom is -0.459 e. The molecule has 7 heteroatoms. The van der Waals surface area contributed by atoms with E-state index in [1.54, 1.807) is 12.1 Å². The standard InChI is InChI=1S/C26H26N4O3/c1-17-22(15-29-26(32)24-7-4-12-33-24)20-10-11-30(16-19(20)14-27-17)25(31)9-8-18-13-28-23-6-3-2-5-21(18)23/h2-7,12-14,28H,8-11,15-16H2,1H3,(H,29,32). The van der Waals surface area contributed by atoms with Crippen molar-refractivity contribution in [1.82, 2.24) is 20.2 Å². The zero-order valence-corrected chi connectivity index (χ0v) is 18.6. The molecule has 4 heterocycles. The summed E-state index contributed by atoms with van der Waals surface area (Å²) in [6.07, 6.45) is 7.28. The minimum atomic E-state index is -0.248. The normalized spacial score (nSPS) is 13.2. The van der Waals surface area contributed by atoms with Crippen LogP contribution < -0.4 is 5.32 Å². The maximum Gasteiger partial charge on any atom is 0.287 e. The zero-order chi connectivity index (χ0) is 22.8. The second kappa shape index (κ2) is 8.94. The summed E-state index contributed by atoms with van der Waals surface area (Å²) in [6, 6.07) is 11.5. The van der Waals surface area contributed by atoms with Crippen LogP contribution >= 0.6 is 0 Å². The third-order valence-corrected chi connectivity index (χ3v) is 6.40. The van der Waals surface area contributed by atoms with E-state index in [0.717, 1.165) is 28.8 Å². The second-order valence-corrected chi connectivity index (χ2v) is 8.41. The van der Waals surface area contributed by atoms with Crippen molar-refractivity contribution in [1.29, 1.82) is 0 Å². The maximum absolute atomic E-state index is 13.0. The van der Waals surface area contributed by atoms with Gasteiger partial charge in [0.1, 0.15) is 0 Å². The number of nitrogens with zero attached hydrogens (tertiary/aromatic N) is 2. The molecule has 3 aromatic heterocycles. The van der Waals surface area contributed by atoms with Crippen LogP contribution in [0.2, 0.25) is 0 Å². The van der Waals surface area contributed by atoms with Gasteiger partial charge >= 0.3 is 0 Å². The van der Waals surface area contributed by atoms with Crippen LogP contribution in [0.1, 0.15) is 44.9 Å². The minimum absolute atomic E-state index is 0.152. The molecule has 0 unspecified atom stereocenters. The van der Waals surface area contributed by atoms with Crippen LogP contribution in [0.5, 0.6) is 0 Å². The Bertz CT molecular complexity index is 1310. The SMILES string of the molecule is Cc1ncc2c(c1CNC(=O)c1ccco1)CCN(C(=O)CCc1c[nH]c3ccccc13)C2. The highest BCUT2D eigenvalue weighted by atomic mass is 16.3. The second-order valence-electron chi connectivity index (χ2n) is 8.41. The molecule has 7 nitrogen and oxygen atoms in total. The molecular formula is C26H26N4O3. The molecular weight excluding hydrogens is 416 g/mol. The van der Waals surface area contributed by atoms with Gasteiger partial charge < -0.3 is 19.6 Å². The molecule has 168 valence electrons. The number of carbonyl (C=O) groups is 2. The Hall–Kier alpha value is -3.87. The number of benzene rings is 1. The number of aryl methyl sites for hydroxylation is 2. The monoisotopic (exact) mass is 442 g/mol. The fourth-order valence-electron chi connectivity index (χ4n) is 4.57. The van der Waals surface area contributed by atoms with Crippen LogP contribution in [-0.4, -0.2) is 33.2 Å². The third kappa shape index (κ3) is 4.26. The van der Waals surface area contributed by atoms with E-state index in [0.29, 0.717) is 32.5 Å². The zero-order valence-electron chi connectivity index (χ0n) is 18.6. The van der Waals surface area contributed by atoms with Gasteiger partial charge in [-0.2, -0.15) is 0 Å². The van der Waals surface area contributed by atoms with Gasteiger partial charge in [0.2, 0.25) is 5.91 Å². The Morgan fingerprint density at radius 1 is 1.21 bits per heavy atom. The van der Waals surface area contributed by atoms with Crippen LogP contribution in [0.4, 0.5) is 0 Å². The number of H-pyrrole nitrogens is 1. The molecule has 1 aromatic carbocycles. The molecule has 5 rings (SSSR count). The van der Waals surface area contributed by atoms with Gasteiger partial charge in [0.05, 0.1) is 6.26 Å². The first-order valence-corrected chi connectivity index (χ1v) is 11.2. The molecule has 0 atom stereocenters. The fourth-order valence-corrected chi connectivity index (χ4v) is 4.57. The van der Waals surface area contributed by atoms with Gasteiger partial charge in [-0.3, -0.25) is 14.6 Å². The lowest BCUT2D eigenvalue weighted by Crippen LogP contribution is -2.37. The highest BCUT2D eigenvalue weighted by Crippen LogP contribution is 2.25. The van der Waals surface area contributed by atoms with E-state index in [-0.39, 0.29) is 17.6 Å². The summed E-state index contributed by atoms with van der Waals surface area (Å²) in [6.45, 7) is 3.56. The van der Waals surface area contributed by atoms with Crippen LogP contribution in [0.3, 0.4) is 0 Å². The number of amides is 2. The van der Waals surface area contributed by atoms with Crippen molar-refractivity contribution in [2.45, 2.75) is 39.3 Å². The number of aromatic amines is 1. The van der Waals surface area contributed by atoms with Gasteiger partial charge in [-0.1, -0.05) is 18.2 Å². The molecule has 0 saturated heterocycles. The van der Waals surface area contributed by atoms with Crippen molar-refractivity contribution in [3.63, 3.8) is 0 Å². The molecule has 1 aliphatic rings. The summed E-state index contributed by atoms with van der Waals surface area (Å²) in [5.74, 6) is 0.193. The molecule has 0 fully saturated rings. The third-order valence-electron chi connectivity index (χ3n) is 6.40. The van der Waals surface area contributed by atoms with Gasteiger partial charge in [-0.05, 0) is 60.2 Å². The van der Waals surface area contributed by atoms with Crippen LogP contribution in [0.25, 0.3) is 10.9 Å². The molecule has 0 bridgehead atoms. The molecule has 33 heavy (non-hydrogen) atoms. The van der Waals surface area contributed by atoms with Crippen molar-refractivity contribution < 1.29 is 14.0 Å². The van der Waals surface area contributed by atoms with Gasteiger partial charge in [0.25, 0.3) is 5.91 Å². The number of hydrogen-bond donors (Lipinski definition) is 2. The lowest BCUT2D eigenvalue weighted by molar-refractivity contribution is -0.132. The highest BCUT2D eigenvalue weighted by molar-refractivity contribution is 5.91.